The van der Waals surface area contributed by atoms with Gasteiger partial charge in [0.15, 0.2) is 11.6 Å². The van der Waals surface area contributed by atoms with E-state index in [9.17, 15) is 9.18 Å². The molecule has 0 aliphatic carbocycles. The van der Waals surface area contributed by atoms with Crippen molar-refractivity contribution in [3.8, 4) is 11.5 Å². The van der Waals surface area contributed by atoms with Gasteiger partial charge in [0, 0.05) is 23.7 Å². The highest BCUT2D eigenvalue weighted by atomic mass is 32.1. The lowest BCUT2D eigenvalue weighted by atomic mass is 10.0. The molecular formula is C22H19FN2O2S. The zero-order valence-electron chi connectivity index (χ0n) is 15.3. The number of ether oxygens (including phenoxy) is 1. The molecule has 0 bridgehead atoms. The van der Waals surface area contributed by atoms with E-state index in [1.165, 1.54) is 28.8 Å². The van der Waals surface area contributed by atoms with Gasteiger partial charge in [0.05, 0.1) is 12.2 Å². The van der Waals surface area contributed by atoms with E-state index in [-0.39, 0.29) is 17.7 Å². The fraction of sp³-hybridized carbons (Fsp3) is 0.182. The van der Waals surface area contributed by atoms with Crippen molar-refractivity contribution in [3.63, 3.8) is 0 Å². The Morgan fingerprint density at radius 1 is 1.36 bits per heavy atom. The van der Waals surface area contributed by atoms with E-state index in [4.69, 9.17) is 4.74 Å². The maximum absolute atomic E-state index is 14.3. The van der Waals surface area contributed by atoms with Crippen molar-refractivity contribution >= 4 is 23.3 Å². The number of nitrogens with zero attached hydrogens (tertiary/aromatic N) is 2. The second-order valence-electron chi connectivity index (χ2n) is 6.57. The first-order valence-electron chi connectivity index (χ1n) is 9.04. The second kappa shape index (κ2) is 7.94. The first-order valence-corrected chi connectivity index (χ1v) is 9.92. The van der Waals surface area contributed by atoms with E-state index in [2.05, 4.69) is 16.4 Å². The van der Waals surface area contributed by atoms with Crippen molar-refractivity contribution < 1.29 is 13.9 Å². The molecule has 3 heterocycles. The van der Waals surface area contributed by atoms with Crippen molar-refractivity contribution in [2.24, 2.45) is 0 Å². The predicted molar refractivity (Wildman–Crippen MR) is 108 cm³/mol. The number of aromatic nitrogens is 1. The van der Waals surface area contributed by atoms with Crippen molar-refractivity contribution in [3.05, 3.63) is 82.1 Å². The van der Waals surface area contributed by atoms with Crippen LogP contribution in [0.15, 0.2) is 60.2 Å². The minimum absolute atomic E-state index is 0.0548. The standard InChI is InChI=1S/C22H19FN2O2S/c1-15-18-9-12-28-21(18)8-11-25(15)22(26)7-5-16-4-6-20(19(23)13-16)27-17-3-2-10-24-14-17/h2-7,9-10,12-15H,8,11H2,1H3/b7-5+. The molecule has 0 spiro atoms. The number of hydrogen-bond acceptors (Lipinski definition) is 4. The van der Waals surface area contributed by atoms with Crippen LogP contribution in [-0.2, 0) is 11.2 Å². The highest BCUT2D eigenvalue weighted by molar-refractivity contribution is 7.10. The molecule has 28 heavy (non-hydrogen) atoms. The lowest BCUT2D eigenvalue weighted by Gasteiger charge is -2.32. The minimum atomic E-state index is -0.493. The van der Waals surface area contributed by atoms with Crippen LogP contribution in [0.5, 0.6) is 11.5 Å². The van der Waals surface area contributed by atoms with Gasteiger partial charge in [-0.3, -0.25) is 9.78 Å². The Balaban J connectivity index is 1.44. The number of hydrogen-bond donors (Lipinski definition) is 0. The maximum Gasteiger partial charge on any atom is 0.247 e. The number of fused-ring (bicyclic) bond motifs is 1. The molecule has 1 amide bonds. The van der Waals surface area contributed by atoms with Crippen molar-refractivity contribution in [2.75, 3.05) is 6.54 Å². The van der Waals surface area contributed by atoms with Gasteiger partial charge in [0.25, 0.3) is 0 Å². The van der Waals surface area contributed by atoms with Gasteiger partial charge in [-0.25, -0.2) is 4.39 Å². The number of benzene rings is 1. The van der Waals surface area contributed by atoms with E-state index < -0.39 is 5.82 Å². The maximum atomic E-state index is 14.3. The number of rotatable bonds is 4. The van der Waals surface area contributed by atoms with E-state index in [0.717, 1.165) is 6.42 Å². The molecule has 0 radical (unpaired) electrons. The summed E-state index contributed by atoms with van der Waals surface area (Å²) in [5, 5.41) is 2.07. The summed E-state index contributed by atoms with van der Waals surface area (Å²) in [7, 11) is 0. The SMILES string of the molecule is CC1c2ccsc2CCN1C(=O)/C=C/c1ccc(Oc2cccnc2)c(F)c1. The first kappa shape index (κ1) is 18.4. The monoisotopic (exact) mass is 394 g/mol. The number of carbonyl (C=O) groups is 1. The van der Waals surface area contributed by atoms with Gasteiger partial charge < -0.3 is 9.64 Å². The van der Waals surface area contributed by atoms with Crippen LogP contribution in [0.1, 0.15) is 29.0 Å². The molecule has 1 aliphatic heterocycles. The summed E-state index contributed by atoms with van der Waals surface area (Å²) in [6.07, 6.45) is 7.16. The third kappa shape index (κ3) is 3.82. The molecule has 3 aromatic rings. The van der Waals surface area contributed by atoms with Gasteiger partial charge in [-0.05, 0) is 66.3 Å². The Labute approximate surface area is 166 Å². The molecule has 142 valence electrons. The lowest BCUT2D eigenvalue weighted by molar-refractivity contribution is -0.128. The van der Waals surface area contributed by atoms with Crippen molar-refractivity contribution in [1.82, 2.24) is 9.88 Å². The molecule has 0 fully saturated rings. The van der Waals surface area contributed by atoms with E-state index in [1.807, 2.05) is 11.8 Å². The normalized spacial score (nSPS) is 16.2. The molecule has 4 rings (SSSR count). The topological polar surface area (TPSA) is 42.4 Å². The van der Waals surface area contributed by atoms with Gasteiger partial charge in [0.1, 0.15) is 5.75 Å². The second-order valence-corrected chi connectivity index (χ2v) is 7.57. The van der Waals surface area contributed by atoms with Crippen LogP contribution in [0.2, 0.25) is 0 Å². The van der Waals surface area contributed by atoms with Crippen molar-refractivity contribution in [2.45, 2.75) is 19.4 Å². The van der Waals surface area contributed by atoms with Crippen LogP contribution in [0.25, 0.3) is 6.08 Å². The highest BCUT2D eigenvalue weighted by Crippen LogP contribution is 2.33. The van der Waals surface area contributed by atoms with Gasteiger partial charge in [-0.1, -0.05) is 6.07 Å². The molecular weight excluding hydrogens is 375 g/mol. The predicted octanol–water partition coefficient (Wildman–Crippen LogP) is 5.23. The third-order valence-corrected chi connectivity index (χ3v) is 5.79. The molecule has 6 heteroatoms. The van der Waals surface area contributed by atoms with Crippen LogP contribution >= 0.6 is 11.3 Å². The number of amides is 1. The van der Waals surface area contributed by atoms with Crippen molar-refractivity contribution in [1.29, 1.82) is 0 Å². The molecule has 0 N–H and O–H groups in total. The van der Waals surface area contributed by atoms with Gasteiger partial charge in [0.2, 0.25) is 5.91 Å². The Morgan fingerprint density at radius 2 is 2.25 bits per heavy atom. The summed E-state index contributed by atoms with van der Waals surface area (Å²) in [4.78, 5) is 19.8. The summed E-state index contributed by atoms with van der Waals surface area (Å²) in [6.45, 7) is 2.74. The first-order chi connectivity index (χ1) is 13.6. The van der Waals surface area contributed by atoms with Gasteiger partial charge >= 0.3 is 0 Å². The number of pyridine rings is 1. The third-order valence-electron chi connectivity index (χ3n) is 4.80. The van der Waals surface area contributed by atoms with E-state index in [0.29, 0.717) is 17.9 Å². The molecule has 0 saturated heterocycles. The molecule has 1 atom stereocenters. The number of thiophene rings is 1. The Bertz CT molecular complexity index is 1020. The molecule has 1 aromatic carbocycles. The summed E-state index contributed by atoms with van der Waals surface area (Å²) in [5.74, 6) is 0.0195. The van der Waals surface area contributed by atoms with E-state index in [1.54, 1.807) is 47.9 Å². The molecule has 4 nitrogen and oxygen atoms in total. The Morgan fingerprint density at radius 3 is 3.04 bits per heavy atom. The smallest absolute Gasteiger partial charge is 0.247 e. The van der Waals surface area contributed by atoms with Crippen LogP contribution < -0.4 is 4.74 Å². The lowest BCUT2D eigenvalue weighted by Crippen LogP contribution is -2.37. The molecule has 0 saturated carbocycles. The summed E-state index contributed by atoms with van der Waals surface area (Å²) < 4.78 is 19.8. The number of carbonyl (C=O) groups excluding carboxylic acids is 1. The van der Waals surface area contributed by atoms with Crippen LogP contribution in [0, 0.1) is 5.82 Å². The number of halogens is 1. The molecule has 1 aliphatic rings. The quantitative estimate of drug-likeness (QED) is 0.569. The van der Waals surface area contributed by atoms with Crippen LogP contribution in [0.3, 0.4) is 0 Å². The summed E-state index contributed by atoms with van der Waals surface area (Å²) >= 11 is 1.74. The fourth-order valence-corrected chi connectivity index (χ4v) is 4.27. The average Bonchev–Trinajstić information content (AvgIpc) is 3.19. The minimum Gasteiger partial charge on any atom is -0.453 e. The van der Waals surface area contributed by atoms with E-state index >= 15 is 0 Å². The molecule has 2 aromatic heterocycles. The zero-order valence-corrected chi connectivity index (χ0v) is 16.2. The largest absolute Gasteiger partial charge is 0.453 e. The average molecular weight is 394 g/mol. The van der Waals surface area contributed by atoms with Crippen LogP contribution in [0.4, 0.5) is 4.39 Å². The van der Waals surface area contributed by atoms with Crippen LogP contribution in [-0.4, -0.2) is 22.3 Å². The highest BCUT2D eigenvalue weighted by Gasteiger charge is 2.26. The van der Waals surface area contributed by atoms with Gasteiger partial charge in [-0.2, -0.15) is 0 Å². The Hall–Kier alpha value is -2.99. The fourth-order valence-electron chi connectivity index (χ4n) is 3.31. The zero-order chi connectivity index (χ0) is 19.5. The summed E-state index contributed by atoms with van der Waals surface area (Å²) in [6, 6.07) is 10.2. The molecule has 1 unspecified atom stereocenters. The van der Waals surface area contributed by atoms with Gasteiger partial charge in [-0.15, -0.1) is 11.3 Å². The Kier molecular flexibility index (Phi) is 5.21. The summed E-state index contributed by atoms with van der Waals surface area (Å²) in [5.41, 5.74) is 1.83.